The van der Waals surface area contributed by atoms with Gasteiger partial charge in [-0.1, -0.05) is 31.7 Å². The number of hydrogen-bond acceptors (Lipinski definition) is 8. The van der Waals surface area contributed by atoms with Gasteiger partial charge in [-0.05, 0) is 25.8 Å². The first kappa shape index (κ1) is 24.6. The lowest BCUT2D eigenvalue weighted by Crippen LogP contribution is -2.38. The van der Waals surface area contributed by atoms with Gasteiger partial charge in [0.25, 0.3) is 0 Å². The van der Waals surface area contributed by atoms with Crippen molar-refractivity contribution in [3.8, 4) is 0 Å². The molecule has 178 valence electrons. The first-order valence-electron chi connectivity index (χ1n) is 11.0. The van der Waals surface area contributed by atoms with Crippen molar-refractivity contribution in [3.05, 3.63) is 47.6 Å². The number of aliphatic hydroxyl groups is 1. The van der Waals surface area contributed by atoms with E-state index >= 15 is 0 Å². The first-order valence-corrected chi connectivity index (χ1v) is 11.0. The van der Waals surface area contributed by atoms with E-state index in [-0.39, 0.29) is 47.7 Å². The van der Waals surface area contributed by atoms with Crippen LogP contribution in [0.2, 0.25) is 0 Å². The van der Waals surface area contributed by atoms with Crippen molar-refractivity contribution < 1.29 is 38.5 Å². The summed E-state index contributed by atoms with van der Waals surface area (Å²) in [4.78, 5) is 49.7. The topological polar surface area (TPSA) is 116 Å². The second kappa shape index (κ2) is 9.87. The Balaban J connectivity index is 1.83. The Kier molecular flexibility index (Phi) is 7.37. The number of carbonyl (C=O) groups excluding carboxylic acids is 4. The van der Waals surface area contributed by atoms with Crippen molar-refractivity contribution in [1.29, 1.82) is 0 Å². The molecule has 3 fully saturated rings. The molecule has 2 saturated carbocycles. The molecule has 1 aliphatic heterocycles. The quantitative estimate of drug-likeness (QED) is 0.279. The Bertz CT molecular complexity index is 955. The molecule has 0 radical (unpaired) electrons. The molecule has 0 aromatic heterocycles. The molecule has 6 atom stereocenters. The van der Waals surface area contributed by atoms with Gasteiger partial charge in [-0.25, -0.2) is 14.4 Å². The fraction of sp³-hybridized carbons (Fsp3) is 0.520. The van der Waals surface area contributed by atoms with E-state index in [4.69, 9.17) is 14.2 Å². The molecular formula is C25H30O8. The number of hydrogen-bond donors (Lipinski definition) is 1. The van der Waals surface area contributed by atoms with E-state index in [1.807, 2.05) is 6.92 Å². The lowest BCUT2D eigenvalue weighted by Gasteiger charge is -2.29. The van der Waals surface area contributed by atoms with Crippen LogP contribution < -0.4 is 0 Å². The predicted octanol–water partition coefficient (Wildman–Crippen LogP) is 2.23. The molecule has 0 amide bonds. The molecule has 3 rings (SSSR count). The molecular weight excluding hydrogens is 428 g/mol. The number of ketones is 1. The maximum absolute atomic E-state index is 13.0. The van der Waals surface area contributed by atoms with Crippen molar-refractivity contribution in [2.75, 3.05) is 13.2 Å². The van der Waals surface area contributed by atoms with Crippen LogP contribution in [0.1, 0.15) is 33.6 Å². The number of aliphatic hydroxyl groups excluding tert-OH is 1. The average molecular weight is 459 g/mol. The molecule has 1 saturated heterocycles. The number of esters is 3. The van der Waals surface area contributed by atoms with Crippen molar-refractivity contribution >= 4 is 23.7 Å². The Hall–Kier alpha value is -3.00. The maximum atomic E-state index is 13.0. The van der Waals surface area contributed by atoms with Crippen LogP contribution in [0.5, 0.6) is 0 Å². The van der Waals surface area contributed by atoms with Crippen LogP contribution in [0.4, 0.5) is 0 Å². The van der Waals surface area contributed by atoms with E-state index < -0.39 is 42.6 Å². The van der Waals surface area contributed by atoms with Gasteiger partial charge in [-0.2, -0.15) is 0 Å². The third-order valence-electron chi connectivity index (χ3n) is 6.97. The van der Waals surface area contributed by atoms with Crippen LogP contribution in [0.25, 0.3) is 0 Å². The van der Waals surface area contributed by atoms with Crippen molar-refractivity contribution in [2.45, 2.75) is 45.8 Å². The highest BCUT2D eigenvalue weighted by Crippen LogP contribution is 2.52. The highest BCUT2D eigenvalue weighted by atomic mass is 16.6. The summed E-state index contributed by atoms with van der Waals surface area (Å²) in [5.74, 6) is -3.19. The minimum absolute atomic E-state index is 0.0271. The number of Topliss-reactive ketones (excluding diaryl/α,β-unsaturated/α-hetero) is 1. The summed E-state index contributed by atoms with van der Waals surface area (Å²) in [6.45, 7) is 12.3. The van der Waals surface area contributed by atoms with Gasteiger partial charge < -0.3 is 19.3 Å². The zero-order chi connectivity index (χ0) is 24.4. The van der Waals surface area contributed by atoms with E-state index in [1.54, 1.807) is 19.9 Å². The van der Waals surface area contributed by atoms with E-state index in [2.05, 4.69) is 13.2 Å². The van der Waals surface area contributed by atoms with Gasteiger partial charge >= 0.3 is 17.9 Å². The minimum atomic E-state index is -0.795. The summed E-state index contributed by atoms with van der Waals surface area (Å²) in [6, 6.07) is 0. The molecule has 8 heteroatoms. The van der Waals surface area contributed by atoms with Gasteiger partial charge in [0.2, 0.25) is 0 Å². The van der Waals surface area contributed by atoms with Crippen molar-refractivity contribution in [3.63, 3.8) is 0 Å². The summed E-state index contributed by atoms with van der Waals surface area (Å²) < 4.78 is 16.5. The molecule has 3 aliphatic rings. The van der Waals surface area contributed by atoms with Crippen LogP contribution >= 0.6 is 0 Å². The third-order valence-corrected chi connectivity index (χ3v) is 6.97. The zero-order valence-electron chi connectivity index (χ0n) is 19.2. The number of carbonyl (C=O) groups is 4. The minimum Gasteiger partial charge on any atom is -0.458 e. The van der Waals surface area contributed by atoms with Crippen molar-refractivity contribution in [2.24, 2.45) is 23.7 Å². The number of allylic oxidation sites excluding steroid dienone is 1. The summed E-state index contributed by atoms with van der Waals surface area (Å²) in [5.41, 5.74) is 1.31. The molecule has 0 spiro atoms. The molecule has 0 aromatic rings. The number of rotatable bonds is 6. The molecule has 33 heavy (non-hydrogen) atoms. The Labute approximate surface area is 193 Å². The largest absolute Gasteiger partial charge is 0.458 e. The summed E-state index contributed by atoms with van der Waals surface area (Å²) in [5, 5.41) is 9.33. The predicted molar refractivity (Wildman–Crippen MR) is 117 cm³/mol. The van der Waals surface area contributed by atoms with Gasteiger partial charge in [0.15, 0.2) is 0 Å². The summed E-state index contributed by atoms with van der Waals surface area (Å²) in [7, 11) is 0. The van der Waals surface area contributed by atoms with Gasteiger partial charge in [0.05, 0.1) is 18.1 Å². The van der Waals surface area contributed by atoms with Gasteiger partial charge in [-0.15, -0.1) is 0 Å². The third kappa shape index (κ3) is 4.71. The van der Waals surface area contributed by atoms with Crippen LogP contribution in [-0.4, -0.2) is 54.2 Å². The lowest BCUT2D eigenvalue weighted by molar-refractivity contribution is -0.150. The zero-order valence-corrected chi connectivity index (χ0v) is 19.2. The monoisotopic (exact) mass is 458 g/mol. The van der Waals surface area contributed by atoms with Crippen LogP contribution in [0, 0.1) is 23.7 Å². The second-order valence-corrected chi connectivity index (χ2v) is 8.83. The normalized spacial score (nSPS) is 32.1. The molecule has 2 aliphatic carbocycles. The Morgan fingerprint density at radius 1 is 1.21 bits per heavy atom. The molecule has 1 heterocycles. The summed E-state index contributed by atoms with van der Waals surface area (Å²) in [6.07, 6.45) is 1.91. The van der Waals surface area contributed by atoms with E-state index in [0.29, 0.717) is 12.0 Å². The molecule has 0 aromatic carbocycles. The summed E-state index contributed by atoms with van der Waals surface area (Å²) >= 11 is 0. The molecule has 1 N–H and O–H groups in total. The van der Waals surface area contributed by atoms with Gasteiger partial charge in [0.1, 0.15) is 24.6 Å². The van der Waals surface area contributed by atoms with E-state index in [1.165, 1.54) is 6.08 Å². The Morgan fingerprint density at radius 3 is 2.55 bits per heavy atom. The van der Waals surface area contributed by atoms with Crippen LogP contribution in [0.15, 0.2) is 47.6 Å². The highest BCUT2D eigenvalue weighted by Gasteiger charge is 2.57. The molecule has 0 bridgehead atoms. The van der Waals surface area contributed by atoms with Crippen LogP contribution in [-0.2, 0) is 33.4 Å². The number of ether oxygens (including phenoxy) is 3. The fourth-order valence-electron chi connectivity index (χ4n) is 4.94. The molecule has 0 unspecified atom stereocenters. The van der Waals surface area contributed by atoms with Gasteiger partial charge in [0, 0.05) is 35.8 Å². The van der Waals surface area contributed by atoms with Crippen LogP contribution in [0.3, 0.4) is 0 Å². The SMILES string of the molecule is C=C1C(=O)O[C@H]2[C@H]1[C@H](OC(=O)/C(=C/CO)COC(=O)/C(C)=C/C)CC(=C)[C@@H]1CC(=O)[C@@H](C)[C@H]21. The lowest BCUT2D eigenvalue weighted by atomic mass is 9.79. The average Bonchev–Trinajstić information content (AvgIpc) is 3.20. The standard InChI is InChI=1S/C25H30O8/c1-6-12(2)23(28)31-11-16(7-8-26)25(30)32-19-9-13(3)17-10-18(27)14(4)20(17)22-21(19)15(5)24(29)33-22/h6-7,14,17,19-22,26H,3,5,8-11H2,1-2,4H3/b12-6+,16-7+/t14-,17+,19-,20+,21-,22-/m1/s1. The highest BCUT2D eigenvalue weighted by molar-refractivity contribution is 5.93. The fourth-order valence-corrected chi connectivity index (χ4v) is 4.94. The smallest absolute Gasteiger partial charge is 0.337 e. The molecule has 8 nitrogen and oxygen atoms in total. The van der Waals surface area contributed by atoms with E-state index in [9.17, 15) is 24.3 Å². The first-order chi connectivity index (χ1) is 15.6. The number of fused-ring (bicyclic) bond motifs is 3. The van der Waals surface area contributed by atoms with Crippen molar-refractivity contribution in [1.82, 2.24) is 0 Å². The Morgan fingerprint density at radius 2 is 1.91 bits per heavy atom. The van der Waals surface area contributed by atoms with Gasteiger partial charge in [-0.3, -0.25) is 4.79 Å². The maximum Gasteiger partial charge on any atom is 0.337 e. The second-order valence-electron chi connectivity index (χ2n) is 8.83. The van der Waals surface area contributed by atoms with E-state index in [0.717, 1.165) is 5.57 Å².